The Bertz CT molecular complexity index is 1790. The number of hydrogen-bond donors (Lipinski definition) is 1. The normalized spacial score (nSPS) is 11.2. The Morgan fingerprint density at radius 2 is 1.63 bits per heavy atom. The van der Waals surface area contributed by atoms with Crippen LogP contribution >= 0.6 is 35.0 Å². The molecule has 8 nitrogen and oxygen atoms in total. The van der Waals surface area contributed by atoms with Crippen LogP contribution in [0, 0.1) is 0 Å². The number of fused-ring (bicyclic) bond motifs is 1. The van der Waals surface area contributed by atoms with Gasteiger partial charge in [-0.05, 0) is 60.4 Å². The van der Waals surface area contributed by atoms with Crippen LogP contribution in [0.3, 0.4) is 0 Å². The van der Waals surface area contributed by atoms with Crippen molar-refractivity contribution in [3.63, 3.8) is 0 Å². The third-order valence-electron chi connectivity index (χ3n) is 6.04. The Kier molecular flexibility index (Phi) is 7.16. The van der Waals surface area contributed by atoms with E-state index in [1.807, 2.05) is 30.5 Å². The summed E-state index contributed by atoms with van der Waals surface area (Å²) < 4.78 is 3.84. The third kappa shape index (κ3) is 4.76. The van der Waals surface area contributed by atoms with E-state index < -0.39 is 23.7 Å². The molecule has 11 heteroatoms. The fourth-order valence-corrected chi connectivity index (χ4v) is 5.01. The molecule has 0 unspecified atom stereocenters. The number of thioether (sulfide) groups is 1. The van der Waals surface area contributed by atoms with Gasteiger partial charge in [0.1, 0.15) is 12.4 Å². The van der Waals surface area contributed by atoms with E-state index in [-0.39, 0.29) is 17.7 Å². The number of carbonyl (C=O) groups excluding carboxylic acids is 1. The van der Waals surface area contributed by atoms with Gasteiger partial charge in [-0.25, -0.2) is 14.3 Å². The Hall–Kier alpha value is -3.79. The van der Waals surface area contributed by atoms with Crippen LogP contribution in [0.25, 0.3) is 28.2 Å². The van der Waals surface area contributed by atoms with Gasteiger partial charge in [0.15, 0.2) is 11.2 Å². The maximum atomic E-state index is 13.8. The highest BCUT2D eigenvalue weighted by molar-refractivity contribution is 7.98. The second kappa shape index (κ2) is 10.5. The second-order valence-electron chi connectivity index (χ2n) is 8.47. The van der Waals surface area contributed by atoms with E-state index >= 15 is 0 Å². The molecule has 38 heavy (non-hydrogen) atoms. The van der Waals surface area contributed by atoms with Crippen LogP contribution in [0.4, 0.5) is 0 Å². The predicted molar refractivity (Wildman–Crippen MR) is 152 cm³/mol. The molecular formula is C27H21Cl2N5O3S. The number of nitrogens with zero attached hydrogens (tertiary/aromatic N) is 4. The average Bonchev–Trinajstić information content (AvgIpc) is 3.30. The van der Waals surface area contributed by atoms with E-state index in [9.17, 15) is 14.4 Å². The van der Waals surface area contributed by atoms with Crippen molar-refractivity contribution >= 4 is 52.0 Å². The summed E-state index contributed by atoms with van der Waals surface area (Å²) >= 11 is 14.3. The molecule has 2 heterocycles. The topological polar surface area (TPSA) is 105 Å². The minimum atomic E-state index is -0.816. The van der Waals surface area contributed by atoms with Crippen LogP contribution in [-0.2, 0) is 17.9 Å². The van der Waals surface area contributed by atoms with Crippen LogP contribution < -0.4 is 17.0 Å². The Balaban J connectivity index is 1.89. The van der Waals surface area contributed by atoms with Gasteiger partial charge in [0.05, 0.1) is 11.6 Å². The summed E-state index contributed by atoms with van der Waals surface area (Å²) in [6.45, 7) is -0.463. The number of halogens is 2. The van der Waals surface area contributed by atoms with E-state index in [2.05, 4.69) is 0 Å². The van der Waals surface area contributed by atoms with Gasteiger partial charge in [-0.15, -0.1) is 11.8 Å². The molecule has 0 aliphatic heterocycles. The van der Waals surface area contributed by atoms with Crippen molar-refractivity contribution in [3.05, 3.63) is 109 Å². The predicted octanol–water partition coefficient (Wildman–Crippen LogP) is 4.58. The van der Waals surface area contributed by atoms with E-state index in [0.717, 1.165) is 15.0 Å². The number of aromatic nitrogens is 4. The molecular weight excluding hydrogens is 545 g/mol. The molecule has 0 saturated carbocycles. The van der Waals surface area contributed by atoms with Crippen molar-refractivity contribution in [2.24, 2.45) is 5.73 Å². The summed E-state index contributed by atoms with van der Waals surface area (Å²) in [6.07, 6.45) is 1.97. The number of amides is 1. The number of carbonyl (C=O) groups is 1. The lowest BCUT2D eigenvalue weighted by Crippen LogP contribution is -2.43. The zero-order valence-corrected chi connectivity index (χ0v) is 22.4. The highest BCUT2D eigenvalue weighted by Gasteiger charge is 2.25. The fraction of sp³-hybridized carbons (Fsp3) is 0.111. The molecule has 0 fully saturated rings. The van der Waals surface area contributed by atoms with Crippen LogP contribution in [0.1, 0.15) is 5.56 Å². The summed E-state index contributed by atoms with van der Waals surface area (Å²) in [5.74, 6) is -0.462. The molecule has 5 aromatic rings. The Labute approximate surface area is 231 Å². The van der Waals surface area contributed by atoms with Crippen LogP contribution in [-0.4, -0.2) is 30.8 Å². The van der Waals surface area contributed by atoms with E-state index in [1.54, 1.807) is 64.9 Å². The lowest BCUT2D eigenvalue weighted by atomic mass is 10.2. The molecule has 1 amide bonds. The number of benzene rings is 3. The molecule has 192 valence electrons. The van der Waals surface area contributed by atoms with Crippen molar-refractivity contribution in [3.8, 4) is 17.1 Å². The monoisotopic (exact) mass is 565 g/mol. The van der Waals surface area contributed by atoms with E-state index in [1.165, 1.54) is 4.57 Å². The highest BCUT2D eigenvalue weighted by atomic mass is 35.5. The van der Waals surface area contributed by atoms with Gasteiger partial charge in [0, 0.05) is 21.2 Å². The first-order valence-electron chi connectivity index (χ1n) is 11.5. The number of hydrogen-bond acceptors (Lipinski definition) is 5. The number of nitrogens with two attached hydrogens (primary N) is 1. The maximum Gasteiger partial charge on any atom is 0.333 e. The van der Waals surface area contributed by atoms with Gasteiger partial charge in [0.25, 0.3) is 5.56 Å². The maximum absolute atomic E-state index is 13.8. The minimum Gasteiger partial charge on any atom is -0.368 e. The third-order valence-corrected chi connectivity index (χ3v) is 7.36. The molecule has 3 aromatic carbocycles. The molecule has 0 radical (unpaired) electrons. The molecule has 0 spiro atoms. The first-order valence-corrected chi connectivity index (χ1v) is 13.4. The van der Waals surface area contributed by atoms with E-state index in [4.69, 9.17) is 33.9 Å². The number of primary amides is 1. The lowest BCUT2D eigenvalue weighted by molar-refractivity contribution is -0.118. The molecule has 0 aliphatic carbocycles. The molecule has 0 aliphatic rings. The Morgan fingerprint density at radius 1 is 0.947 bits per heavy atom. The summed E-state index contributed by atoms with van der Waals surface area (Å²) in [4.78, 5) is 45.1. The molecule has 5 rings (SSSR count). The number of imidazole rings is 1. The van der Waals surface area contributed by atoms with E-state index in [0.29, 0.717) is 27.1 Å². The molecule has 0 atom stereocenters. The highest BCUT2D eigenvalue weighted by Crippen LogP contribution is 2.32. The molecule has 2 aromatic heterocycles. The van der Waals surface area contributed by atoms with Gasteiger partial charge in [-0.1, -0.05) is 47.5 Å². The average molecular weight is 566 g/mol. The van der Waals surface area contributed by atoms with Crippen molar-refractivity contribution in [1.82, 2.24) is 18.7 Å². The standard InChI is InChI=1S/C27H21Cl2N5O3S/c1-38-19-12-6-16(7-13-19)14-32-25-23(26(36)33(27(32)37)15-22(30)35)34(18-10-8-17(28)9-11-18)24(31-25)20-4-2-3-5-21(20)29/h2-13H,14-15H2,1H3,(H2,30,35). The van der Waals surface area contributed by atoms with Gasteiger partial charge >= 0.3 is 5.69 Å². The quantitative estimate of drug-likeness (QED) is 0.291. The summed E-state index contributed by atoms with van der Waals surface area (Å²) in [5, 5.41) is 0.922. The summed E-state index contributed by atoms with van der Waals surface area (Å²) in [7, 11) is 0. The van der Waals surface area contributed by atoms with Crippen molar-refractivity contribution < 1.29 is 4.79 Å². The van der Waals surface area contributed by atoms with Crippen LogP contribution in [0.15, 0.2) is 87.3 Å². The second-order valence-corrected chi connectivity index (χ2v) is 10.2. The van der Waals surface area contributed by atoms with Crippen molar-refractivity contribution in [2.75, 3.05) is 6.26 Å². The summed E-state index contributed by atoms with van der Waals surface area (Å²) in [5.41, 5.74) is 6.23. The van der Waals surface area contributed by atoms with Gasteiger partial charge in [-0.3, -0.25) is 18.7 Å². The molecule has 0 bridgehead atoms. The summed E-state index contributed by atoms with van der Waals surface area (Å²) in [6, 6.07) is 21.6. The van der Waals surface area contributed by atoms with Crippen molar-refractivity contribution in [2.45, 2.75) is 18.0 Å². The first kappa shape index (κ1) is 25.8. The van der Waals surface area contributed by atoms with Crippen molar-refractivity contribution in [1.29, 1.82) is 0 Å². The molecule has 2 N–H and O–H groups in total. The minimum absolute atomic E-state index is 0.101. The van der Waals surface area contributed by atoms with Gasteiger partial charge in [-0.2, -0.15) is 0 Å². The zero-order chi connectivity index (χ0) is 27.0. The Morgan fingerprint density at radius 3 is 2.26 bits per heavy atom. The van der Waals surface area contributed by atoms with Gasteiger partial charge < -0.3 is 5.73 Å². The zero-order valence-electron chi connectivity index (χ0n) is 20.1. The lowest BCUT2D eigenvalue weighted by Gasteiger charge is -2.13. The van der Waals surface area contributed by atoms with Gasteiger partial charge in [0.2, 0.25) is 5.91 Å². The largest absolute Gasteiger partial charge is 0.368 e. The number of rotatable bonds is 7. The first-order chi connectivity index (χ1) is 18.3. The SMILES string of the molecule is CSc1ccc(Cn2c(=O)n(CC(N)=O)c(=O)c3c2nc(-c2ccccc2Cl)n3-c2ccc(Cl)cc2)cc1. The smallest absolute Gasteiger partial charge is 0.333 e. The van der Waals surface area contributed by atoms with Crippen LogP contribution in [0.2, 0.25) is 10.0 Å². The molecule has 0 saturated heterocycles. The fourth-order valence-electron chi connectivity index (χ4n) is 4.26. The van der Waals surface area contributed by atoms with Crippen LogP contribution in [0.5, 0.6) is 0 Å².